The molecule has 0 aromatic carbocycles. The maximum absolute atomic E-state index is 11.3. The van der Waals surface area contributed by atoms with Crippen molar-refractivity contribution in [3.05, 3.63) is 30.1 Å². The number of amides is 2. The van der Waals surface area contributed by atoms with Gasteiger partial charge in [-0.3, -0.25) is 15.2 Å². The number of hydrogen-bond donors (Lipinski definition) is 2. The van der Waals surface area contributed by atoms with Crippen LogP contribution >= 0.6 is 0 Å². The minimum absolute atomic E-state index is 0.247. The Morgan fingerprint density at radius 2 is 2.00 bits per heavy atom. The quantitative estimate of drug-likeness (QED) is 0.694. The van der Waals surface area contributed by atoms with Crippen LogP contribution in [0.1, 0.15) is 17.3 Å². The van der Waals surface area contributed by atoms with Gasteiger partial charge >= 0.3 is 6.09 Å². The van der Waals surface area contributed by atoms with Gasteiger partial charge in [-0.1, -0.05) is 0 Å². The van der Waals surface area contributed by atoms with Crippen molar-refractivity contribution in [2.75, 3.05) is 6.61 Å². The molecule has 0 aliphatic heterocycles. The summed E-state index contributed by atoms with van der Waals surface area (Å²) >= 11 is 0. The third kappa shape index (κ3) is 3.63. The van der Waals surface area contributed by atoms with Crippen molar-refractivity contribution >= 4 is 12.0 Å². The van der Waals surface area contributed by atoms with Gasteiger partial charge in [-0.25, -0.2) is 10.2 Å². The van der Waals surface area contributed by atoms with Gasteiger partial charge in [0.2, 0.25) is 0 Å². The lowest BCUT2D eigenvalue weighted by Gasteiger charge is -2.06. The van der Waals surface area contributed by atoms with E-state index in [0.29, 0.717) is 5.56 Å². The molecule has 80 valence electrons. The Kier molecular flexibility index (Phi) is 4.08. The molecule has 0 fully saturated rings. The van der Waals surface area contributed by atoms with Gasteiger partial charge in [0.05, 0.1) is 6.61 Å². The second kappa shape index (κ2) is 5.58. The van der Waals surface area contributed by atoms with E-state index in [-0.39, 0.29) is 6.61 Å². The lowest BCUT2D eigenvalue weighted by molar-refractivity contribution is 0.0912. The Labute approximate surface area is 86.6 Å². The molecule has 0 saturated carbocycles. The lowest BCUT2D eigenvalue weighted by Crippen LogP contribution is -2.41. The summed E-state index contributed by atoms with van der Waals surface area (Å²) in [6, 6.07) is 3.06. The van der Waals surface area contributed by atoms with Crippen molar-refractivity contribution < 1.29 is 14.3 Å². The highest BCUT2D eigenvalue weighted by atomic mass is 16.5. The average Bonchev–Trinajstić information content (AvgIpc) is 2.27. The van der Waals surface area contributed by atoms with Crippen LogP contribution < -0.4 is 10.9 Å². The van der Waals surface area contributed by atoms with Gasteiger partial charge in [0, 0.05) is 18.0 Å². The molecule has 0 aliphatic carbocycles. The van der Waals surface area contributed by atoms with Crippen LogP contribution in [0.25, 0.3) is 0 Å². The van der Waals surface area contributed by atoms with E-state index in [0.717, 1.165) is 0 Å². The first-order valence-corrected chi connectivity index (χ1v) is 4.37. The van der Waals surface area contributed by atoms with Gasteiger partial charge in [-0.2, -0.15) is 0 Å². The first kappa shape index (κ1) is 11.0. The Hall–Kier alpha value is -2.11. The highest BCUT2D eigenvalue weighted by Crippen LogP contribution is 1.94. The predicted molar refractivity (Wildman–Crippen MR) is 51.9 cm³/mol. The van der Waals surface area contributed by atoms with Crippen molar-refractivity contribution in [3.63, 3.8) is 0 Å². The molecule has 2 amide bonds. The van der Waals surface area contributed by atoms with Gasteiger partial charge in [0.25, 0.3) is 5.91 Å². The Balaban J connectivity index is 2.40. The zero-order valence-corrected chi connectivity index (χ0v) is 8.19. The predicted octanol–water partition coefficient (Wildman–Crippen LogP) is 0.472. The molecule has 1 rings (SSSR count). The van der Waals surface area contributed by atoms with Crippen LogP contribution in [0.2, 0.25) is 0 Å². The van der Waals surface area contributed by atoms with E-state index >= 15 is 0 Å². The van der Waals surface area contributed by atoms with Gasteiger partial charge < -0.3 is 4.74 Å². The summed E-state index contributed by atoms with van der Waals surface area (Å²) in [7, 11) is 0. The van der Waals surface area contributed by atoms with Crippen LogP contribution in [0.3, 0.4) is 0 Å². The minimum Gasteiger partial charge on any atom is -0.449 e. The molecule has 0 radical (unpaired) electrons. The number of hydrazine groups is 1. The fourth-order valence-corrected chi connectivity index (χ4v) is 0.850. The van der Waals surface area contributed by atoms with Gasteiger partial charge in [-0.05, 0) is 19.1 Å². The highest BCUT2D eigenvalue weighted by molar-refractivity contribution is 5.94. The number of carbonyl (C=O) groups excluding carboxylic acids is 2. The summed E-state index contributed by atoms with van der Waals surface area (Å²) in [5, 5.41) is 0. The van der Waals surface area contributed by atoms with E-state index in [1.807, 2.05) is 0 Å². The van der Waals surface area contributed by atoms with Crippen molar-refractivity contribution in [2.24, 2.45) is 0 Å². The molecule has 15 heavy (non-hydrogen) atoms. The van der Waals surface area contributed by atoms with Crippen molar-refractivity contribution in [3.8, 4) is 0 Å². The summed E-state index contributed by atoms with van der Waals surface area (Å²) in [6.45, 7) is 1.92. The van der Waals surface area contributed by atoms with E-state index in [2.05, 4.69) is 20.6 Å². The second-order valence-corrected chi connectivity index (χ2v) is 2.54. The molecule has 0 unspecified atom stereocenters. The zero-order valence-electron chi connectivity index (χ0n) is 8.19. The smallest absolute Gasteiger partial charge is 0.426 e. The van der Waals surface area contributed by atoms with Crippen LogP contribution in [0.5, 0.6) is 0 Å². The topological polar surface area (TPSA) is 80.3 Å². The standard InChI is InChI=1S/C9H11N3O3/c1-2-15-9(14)12-11-8(13)7-3-5-10-6-4-7/h3-6H,2H2,1H3,(H,11,13)(H,12,14). The Bertz CT molecular complexity index is 340. The van der Waals surface area contributed by atoms with Crippen LogP contribution in [0.15, 0.2) is 24.5 Å². The molecule has 1 aromatic heterocycles. The van der Waals surface area contributed by atoms with E-state index in [4.69, 9.17) is 0 Å². The van der Waals surface area contributed by atoms with E-state index in [9.17, 15) is 9.59 Å². The normalized spacial score (nSPS) is 9.13. The van der Waals surface area contributed by atoms with Crippen LogP contribution in [-0.2, 0) is 4.74 Å². The SMILES string of the molecule is CCOC(=O)NNC(=O)c1ccncc1. The first-order chi connectivity index (χ1) is 7.24. The molecule has 1 heterocycles. The minimum atomic E-state index is -0.695. The molecule has 0 aliphatic rings. The van der Waals surface area contributed by atoms with Crippen molar-refractivity contribution in [1.29, 1.82) is 0 Å². The lowest BCUT2D eigenvalue weighted by atomic mass is 10.3. The van der Waals surface area contributed by atoms with Gasteiger partial charge in [0.1, 0.15) is 0 Å². The van der Waals surface area contributed by atoms with E-state index in [1.54, 1.807) is 6.92 Å². The van der Waals surface area contributed by atoms with E-state index in [1.165, 1.54) is 24.5 Å². The fourth-order valence-electron chi connectivity index (χ4n) is 0.850. The van der Waals surface area contributed by atoms with Gasteiger partial charge in [0.15, 0.2) is 0 Å². The molecular weight excluding hydrogens is 198 g/mol. The number of nitrogens with zero attached hydrogens (tertiary/aromatic N) is 1. The fraction of sp³-hybridized carbons (Fsp3) is 0.222. The van der Waals surface area contributed by atoms with Crippen molar-refractivity contribution in [2.45, 2.75) is 6.92 Å². The first-order valence-electron chi connectivity index (χ1n) is 4.37. The highest BCUT2D eigenvalue weighted by Gasteiger charge is 2.06. The largest absolute Gasteiger partial charge is 0.449 e. The maximum Gasteiger partial charge on any atom is 0.426 e. The summed E-state index contributed by atoms with van der Waals surface area (Å²) in [5.74, 6) is -0.426. The number of aromatic nitrogens is 1. The Morgan fingerprint density at radius 1 is 1.33 bits per heavy atom. The molecule has 1 aromatic rings. The second-order valence-electron chi connectivity index (χ2n) is 2.54. The number of hydrogen-bond acceptors (Lipinski definition) is 4. The van der Waals surface area contributed by atoms with Crippen LogP contribution in [0, 0.1) is 0 Å². The number of carbonyl (C=O) groups is 2. The Morgan fingerprint density at radius 3 is 2.60 bits per heavy atom. The van der Waals surface area contributed by atoms with Crippen LogP contribution in [0.4, 0.5) is 4.79 Å². The molecule has 0 atom stereocenters. The summed E-state index contributed by atoms with van der Waals surface area (Å²) in [4.78, 5) is 25.9. The molecule has 0 saturated heterocycles. The summed E-state index contributed by atoms with van der Waals surface area (Å²) in [6.07, 6.45) is 2.28. The van der Waals surface area contributed by atoms with Crippen LogP contribution in [-0.4, -0.2) is 23.6 Å². The number of rotatable bonds is 2. The van der Waals surface area contributed by atoms with E-state index < -0.39 is 12.0 Å². The molecule has 2 N–H and O–H groups in total. The van der Waals surface area contributed by atoms with Gasteiger partial charge in [-0.15, -0.1) is 0 Å². The maximum atomic E-state index is 11.3. The van der Waals surface area contributed by atoms with Crippen molar-refractivity contribution in [1.82, 2.24) is 15.8 Å². The molecule has 0 spiro atoms. The summed E-state index contributed by atoms with van der Waals surface area (Å²) < 4.78 is 4.55. The zero-order chi connectivity index (χ0) is 11.1. The third-order valence-electron chi connectivity index (χ3n) is 1.50. The molecule has 6 heteroatoms. The monoisotopic (exact) mass is 209 g/mol. The number of nitrogens with one attached hydrogen (secondary N) is 2. The summed E-state index contributed by atoms with van der Waals surface area (Å²) in [5.41, 5.74) is 4.70. The number of pyridine rings is 1. The molecule has 0 bridgehead atoms. The third-order valence-corrected chi connectivity index (χ3v) is 1.50. The number of ether oxygens (including phenoxy) is 1. The molecular formula is C9H11N3O3. The molecule has 6 nitrogen and oxygen atoms in total. The average molecular weight is 209 g/mol.